The highest BCUT2D eigenvalue weighted by atomic mass is 16.4. The van der Waals surface area contributed by atoms with Crippen LogP contribution in [0.1, 0.15) is 55.3 Å². The van der Waals surface area contributed by atoms with Crippen molar-refractivity contribution in [2.24, 2.45) is 0 Å². The van der Waals surface area contributed by atoms with Gasteiger partial charge in [0.15, 0.2) is 0 Å². The number of pyridine rings is 1. The molecular weight excluding hydrogens is 308 g/mol. The second-order valence-electron chi connectivity index (χ2n) is 6.22. The molecule has 2 aromatic heterocycles. The summed E-state index contributed by atoms with van der Waals surface area (Å²) in [5.74, 6) is -1.09. The molecule has 5 N–H and O–H groups in total. The lowest BCUT2D eigenvalue weighted by Crippen LogP contribution is -2.15. The van der Waals surface area contributed by atoms with Crippen molar-refractivity contribution in [1.82, 2.24) is 14.5 Å². The first-order valence-corrected chi connectivity index (χ1v) is 8.10. The fourth-order valence-corrected chi connectivity index (χ4v) is 3.22. The summed E-state index contributed by atoms with van der Waals surface area (Å²) in [6.07, 6.45) is 11.7. The van der Waals surface area contributed by atoms with Crippen LogP contribution in [0, 0.1) is 0 Å². The zero-order valence-electron chi connectivity index (χ0n) is 13.6. The minimum absolute atomic E-state index is 0. The third-order valence-electron chi connectivity index (χ3n) is 4.56. The molecule has 1 atom stereocenters. The van der Waals surface area contributed by atoms with Crippen LogP contribution in [0.2, 0.25) is 0 Å². The van der Waals surface area contributed by atoms with Crippen LogP contribution in [0.5, 0.6) is 0 Å². The van der Waals surface area contributed by atoms with Crippen LogP contribution in [0.15, 0.2) is 30.9 Å². The molecular formula is C17H24N4O3. The van der Waals surface area contributed by atoms with Crippen molar-refractivity contribution < 1.29 is 15.4 Å². The molecule has 2 aromatic rings. The molecule has 0 aromatic carbocycles. The van der Waals surface area contributed by atoms with Gasteiger partial charge in [-0.3, -0.25) is 4.79 Å². The van der Waals surface area contributed by atoms with Crippen LogP contribution < -0.4 is 5.73 Å². The van der Waals surface area contributed by atoms with Crippen LogP contribution in [-0.2, 0) is 11.2 Å². The Kier molecular flexibility index (Phi) is 5.92. The van der Waals surface area contributed by atoms with Gasteiger partial charge < -0.3 is 20.9 Å². The van der Waals surface area contributed by atoms with E-state index in [4.69, 9.17) is 5.73 Å². The predicted octanol–water partition coefficient (Wildman–Crippen LogP) is 1.95. The lowest BCUT2D eigenvalue weighted by Gasteiger charge is -2.22. The number of aliphatic carboxylic acids is 1. The minimum atomic E-state index is -0.865. The molecule has 2 heterocycles. The number of aromatic nitrogens is 3. The Morgan fingerprint density at radius 3 is 2.67 bits per heavy atom. The van der Waals surface area contributed by atoms with Crippen molar-refractivity contribution >= 4 is 11.8 Å². The Morgan fingerprint density at radius 1 is 1.29 bits per heavy atom. The summed E-state index contributed by atoms with van der Waals surface area (Å²) in [5, 5.41) is 9.57. The summed E-state index contributed by atoms with van der Waals surface area (Å²) >= 11 is 0. The van der Waals surface area contributed by atoms with Gasteiger partial charge in [0, 0.05) is 18.4 Å². The van der Waals surface area contributed by atoms with Crippen molar-refractivity contribution in [2.45, 2.75) is 50.5 Å². The number of carboxylic acids is 1. The van der Waals surface area contributed by atoms with E-state index >= 15 is 0 Å². The Morgan fingerprint density at radius 2 is 2.04 bits per heavy atom. The summed E-state index contributed by atoms with van der Waals surface area (Å²) in [6.45, 7) is 0. The largest absolute Gasteiger partial charge is 0.481 e. The second kappa shape index (κ2) is 7.92. The molecule has 0 aliphatic heterocycles. The molecule has 1 unspecified atom stereocenters. The molecule has 130 valence electrons. The van der Waals surface area contributed by atoms with Gasteiger partial charge in [-0.2, -0.15) is 0 Å². The van der Waals surface area contributed by atoms with E-state index in [0.29, 0.717) is 24.0 Å². The van der Waals surface area contributed by atoms with Crippen molar-refractivity contribution in [3.05, 3.63) is 42.1 Å². The van der Waals surface area contributed by atoms with Crippen molar-refractivity contribution in [3.63, 3.8) is 0 Å². The van der Waals surface area contributed by atoms with E-state index in [1.165, 1.54) is 19.3 Å². The Labute approximate surface area is 140 Å². The normalized spacial score (nSPS) is 16.3. The lowest BCUT2D eigenvalue weighted by atomic mass is 9.95. The number of carboxylic acid groups (broad SMARTS) is 1. The number of rotatable bonds is 5. The van der Waals surface area contributed by atoms with E-state index in [-0.39, 0.29) is 5.48 Å². The molecule has 1 aliphatic carbocycles. The monoisotopic (exact) mass is 332 g/mol. The highest BCUT2D eigenvalue weighted by Gasteiger charge is 2.24. The fourth-order valence-electron chi connectivity index (χ4n) is 3.22. The average Bonchev–Trinajstić information content (AvgIpc) is 3.04. The first kappa shape index (κ1) is 17.9. The summed E-state index contributed by atoms with van der Waals surface area (Å²) in [7, 11) is 0. The highest BCUT2D eigenvalue weighted by Crippen LogP contribution is 2.29. The second-order valence-corrected chi connectivity index (χ2v) is 6.22. The van der Waals surface area contributed by atoms with E-state index in [2.05, 4.69) is 14.5 Å². The number of nitrogens with two attached hydrogens (primary N) is 1. The topological polar surface area (TPSA) is 126 Å². The predicted molar refractivity (Wildman–Crippen MR) is 90.7 cm³/mol. The zero-order valence-corrected chi connectivity index (χ0v) is 13.6. The summed E-state index contributed by atoms with van der Waals surface area (Å²) in [6, 6.07) is 3.96. The quantitative estimate of drug-likeness (QED) is 0.865. The Balaban J connectivity index is 0.00000208. The smallest absolute Gasteiger partial charge is 0.312 e. The van der Waals surface area contributed by atoms with E-state index in [1.54, 1.807) is 18.6 Å². The maximum atomic E-state index is 11.7. The van der Waals surface area contributed by atoms with Gasteiger partial charge in [0.1, 0.15) is 11.7 Å². The van der Waals surface area contributed by atoms with Crippen LogP contribution >= 0.6 is 0 Å². The summed E-state index contributed by atoms with van der Waals surface area (Å²) in [4.78, 5) is 20.0. The minimum Gasteiger partial charge on any atom is -0.481 e. The molecule has 0 radical (unpaired) electrons. The van der Waals surface area contributed by atoms with Gasteiger partial charge in [-0.05, 0) is 30.9 Å². The zero-order chi connectivity index (χ0) is 16.2. The number of hydrogen-bond acceptors (Lipinski definition) is 4. The number of nitrogen functional groups attached to an aromatic ring is 1. The van der Waals surface area contributed by atoms with Gasteiger partial charge in [0.25, 0.3) is 0 Å². The lowest BCUT2D eigenvalue weighted by molar-refractivity contribution is -0.138. The van der Waals surface area contributed by atoms with E-state index in [1.807, 2.05) is 12.3 Å². The molecule has 0 saturated heterocycles. The van der Waals surface area contributed by atoms with Gasteiger partial charge in [-0.25, -0.2) is 9.97 Å². The molecule has 0 spiro atoms. The maximum Gasteiger partial charge on any atom is 0.312 e. The first-order chi connectivity index (χ1) is 11.1. The van der Waals surface area contributed by atoms with Gasteiger partial charge in [-0.15, -0.1) is 0 Å². The molecule has 1 saturated carbocycles. The molecule has 3 rings (SSSR count). The van der Waals surface area contributed by atoms with Crippen molar-refractivity contribution in [3.8, 4) is 0 Å². The number of anilines is 1. The van der Waals surface area contributed by atoms with Crippen LogP contribution in [0.3, 0.4) is 0 Å². The number of carbonyl (C=O) groups is 1. The van der Waals surface area contributed by atoms with Crippen molar-refractivity contribution in [2.75, 3.05) is 5.73 Å². The molecule has 0 amide bonds. The molecule has 1 aliphatic rings. The van der Waals surface area contributed by atoms with Gasteiger partial charge >= 0.3 is 5.97 Å². The fraction of sp³-hybridized carbons (Fsp3) is 0.471. The van der Waals surface area contributed by atoms with Crippen LogP contribution in [0.4, 0.5) is 5.82 Å². The van der Waals surface area contributed by atoms with Gasteiger partial charge in [0.2, 0.25) is 0 Å². The SMILES string of the molecule is Nc1ccc(CC(C(=O)O)c2cn(C3CCCCC3)cn2)cn1.O. The molecule has 1 fully saturated rings. The molecule has 7 nitrogen and oxygen atoms in total. The van der Waals surface area contributed by atoms with Crippen LogP contribution in [0.25, 0.3) is 0 Å². The number of hydrogen-bond donors (Lipinski definition) is 2. The van der Waals surface area contributed by atoms with E-state index in [9.17, 15) is 9.90 Å². The Bertz CT molecular complexity index is 663. The van der Waals surface area contributed by atoms with Gasteiger partial charge in [0.05, 0.1) is 12.0 Å². The van der Waals surface area contributed by atoms with E-state index in [0.717, 1.165) is 18.4 Å². The van der Waals surface area contributed by atoms with Gasteiger partial charge in [-0.1, -0.05) is 25.3 Å². The standard InChI is InChI=1S/C17H22N4O2.H2O/c18-16-7-6-12(9-19-16)8-14(17(22)23)15-10-21(11-20-15)13-4-2-1-3-5-13;/h6-7,9-11,13-14H,1-5,8H2,(H2,18,19)(H,22,23);1H2. The highest BCUT2D eigenvalue weighted by molar-refractivity contribution is 5.75. The summed E-state index contributed by atoms with van der Waals surface area (Å²) < 4.78 is 2.09. The average molecular weight is 332 g/mol. The van der Waals surface area contributed by atoms with E-state index < -0.39 is 11.9 Å². The summed E-state index contributed by atoms with van der Waals surface area (Å²) in [5.41, 5.74) is 7.03. The third-order valence-corrected chi connectivity index (χ3v) is 4.56. The molecule has 0 bridgehead atoms. The molecule has 24 heavy (non-hydrogen) atoms. The molecule has 7 heteroatoms. The van der Waals surface area contributed by atoms with Crippen molar-refractivity contribution in [1.29, 1.82) is 0 Å². The van der Waals surface area contributed by atoms with Crippen LogP contribution in [-0.4, -0.2) is 31.1 Å². The first-order valence-electron chi connectivity index (χ1n) is 8.10. The number of nitrogens with zero attached hydrogens (tertiary/aromatic N) is 3. The number of imidazole rings is 1. The maximum absolute atomic E-state index is 11.7. The third kappa shape index (κ3) is 4.11. The Hall–Kier alpha value is -2.41.